The van der Waals surface area contributed by atoms with Gasteiger partial charge in [-0.2, -0.15) is 0 Å². The Hall–Kier alpha value is -5.69. The van der Waals surface area contributed by atoms with Crippen LogP contribution in [0.2, 0.25) is 0 Å². The minimum absolute atomic E-state index is 0.129. The number of aromatic nitrogens is 1. The first-order valence-electron chi connectivity index (χ1n) is 15.8. The number of allylic oxidation sites excluding steroid dienone is 2. The number of ether oxygens (including phenoxy) is 1. The lowest BCUT2D eigenvalue weighted by Crippen LogP contribution is -2.32. The Labute approximate surface area is 271 Å². The smallest absolute Gasteiger partial charge is 0.339 e. The zero-order chi connectivity index (χ0) is 32.2. The molecule has 7 nitrogen and oxygen atoms in total. The molecule has 1 saturated heterocycles. The highest BCUT2D eigenvalue weighted by Gasteiger charge is 2.59. The van der Waals surface area contributed by atoms with Crippen molar-refractivity contribution in [1.29, 1.82) is 0 Å². The van der Waals surface area contributed by atoms with Crippen LogP contribution in [-0.2, 0) is 14.3 Å². The summed E-state index contributed by atoms with van der Waals surface area (Å²) in [5, 5.41) is 0.623. The van der Waals surface area contributed by atoms with Crippen molar-refractivity contribution >= 4 is 40.2 Å². The van der Waals surface area contributed by atoms with Crippen LogP contribution >= 0.6 is 0 Å². The standard InChI is InChI=1S/C40H30N2O5/c1-23-7-18-33-31(19-23)32(40(46)47-22-35(43)27-10-8-25(9-11-27)24-5-3-2-4-6-24)21-34(41-33)26-14-16-30(17-15-26)42-38(44)36-28-12-13-29(20-28)37(36)39(42)45/h2-19,21,28-29,36-37H,20,22H2,1H3. The molecule has 2 fully saturated rings. The number of benzene rings is 4. The van der Waals surface area contributed by atoms with E-state index >= 15 is 0 Å². The van der Waals surface area contributed by atoms with Crippen molar-refractivity contribution in [2.24, 2.45) is 23.7 Å². The van der Waals surface area contributed by atoms with Gasteiger partial charge in [0.25, 0.3) is 0 Å². The van der Waals surface area contributed by atoms with Crippen molar-refractivity contribution in [2.45, 2.75) is 13.3 Å². The van der Waals surface area contributed by atoms with Gasteiger partial charge >= 0.3 is 5.97 Å². The summed E-state index contributed by atoms with van der Waals surface area (Å²) in [4.78, 5) is 59.2. The first-order chi connectivity index (χ1) is 22.9. The van der Waals surface area contributed by atoms with Crippen molar-refractivity contribution in [3.63, 3.8) is 0 Å². The number of Topliss-reactive ketones (excluding diaryl/α,β-unsaturated/α-hetero) is 1. The molecule has 0 N–H and O–H groups in total. The predicted molar refractivity (Wildman–Crippen MR) is 179 cm³/mol. The zero-order valence-electron chi connectivity index (χ0n) is 25.6. The van der Waals surface area contributed by atoms with Gasteiger partial charge in [0.1, 0.15) is 0 Å². The second-order valence-electron chi connectivity index (χ2n) is 12.6. The van der Waals surface area contributed by atoms with Crippen molar-refractivity contribution in [2.75, 3.05) is 11.5 Å². The first kappa shape index (κ1) is 28.8. The summed E-state index contributed by atoms with van der Waals surface area (Å²) in [5.41, 5.74) is 6.12. The van der Waals surface area contributed by atoms with Gasteiger partial charge in [-0.1, -0.05) is 90.5 Å². The van der Waals surface area contributed by atoms with Gasteiger partial charge in [-0.05, 0) is 66.6 Å². The van der Waals surface area contributed by atoms with E-state index in [2.05, 4.69) is 12.2 Å². The van der Waals surface area contributed by atoms with Crippen molar-refractivity contribution in [3.8, 4) is 22.4 Å². The van der Waals surface area contributed by atoms with E-state index in [4.69, 9.17) is 9.72 Å². The summed E-state index contributed by atoms with van der Waals surface area (Å²) in [5.74, 6) is -1.44. The Morgan fingerprint density at radius 3 is 2.09 bits per heavy atom. The number of imide groups is 1. The van der Waals surface area contributed by atoms with E-state index < -0.39 is 12.6 Å². The molecule has 8 rings (SSSR count). The van der Waals surface area contributed by atoms with Crippen LogP contribution in [0.4, 0.5) is 5.69 Å². The van der Waals surface area contributed by atoms with Crippen LogP contribution < -0.4 is 4.90 Å². The SMILES string of the molecule is Cc1ccc2nc(-c3ccc(N4C(=O)C5C6C=CC(C6)C5C4=O)cc3)cc(C(=O)OCC(=O)c3ccc(-c4ccccc4)cc3)c2c1. The molecule has 4 aromatic carbocycles. The van der Waals surface area contributed by atoms with E-state index in [-0.39, 0.29) is 41.3 Å². The van der Waals surface area contributed by atoms with Gasteiger partial charge in [0, 0.05) is 16.5 Å². The fraction of sp³-hybridized carbons (Fsp3) is 0.175. The molecule has 1 aliphatic heterocycles. The molecule has 1 saturated carbocycles. The lowest BCUT2D eigenvalue weighted by molar-refractivity contribution is -0.123. The van der Waals surface area contributed by atoms with Crippen LogP contribution in [0.5, 0.6) is 0 Å². The molecule has 3 aliphatic rings. The Kier molecular flexibility index (Phi) is 6.90. The fourth-order valence-electron chi connectivity index (χ4n) is 7.37. The van der Waals surface area contributed by atoms with Gasteiger partial charge in [0.05, 0.1) is 34.3 Å². The number of hydrogen-bond acceptors (Lipinski definition) is 6. The third-order valence-electron chi connectivity index (χ3n) is 9.72. The van der Waals surface area contributed by atoms with E-state index in [0.717, 1.165) is 23.1 Å². The number of hydrogen-bond donors (Lipinski definition) is 0. The monoisotopic (exact) mass is 618 g/mol. The molecule has 4 atom stereocenters. The topological polar surface area (TPSA) is 93.6 Å². The highest BCUT2D eigenvalue weighted by molar-refractivity contribution is 6.23. The normalized spacial score (nSPS) is 21.0. The Morgan fingerprint density at radius 1 is 0.766 bits per heavy atom. The van der Waals surface area contributed by atoms with Gasteiger partial charge in [-0.15, -0.1) is 0 Å². The number of pyridine rings is 1. The summed E-state index contributed by atoms with van der Waals surface area (Å²) in [6.07, 6.45) is 5.05. The average molecular weight is 619 g/mol. The van der Waals surface area contributed by atoms with Gasteiger partial charge < -0.3 is 4.74 Å². The highest BCUT2D eigenvalue weighted by Crippen LogP contribution is 2.53. The van der Waals surface area contributed by atoms with E-state index in [1.165, 1.54) is 4.90 Å². The maximum absolute atomic E-state index is 13.5. The molecule has 7 heteroatoms. The molecule has 2 aliphatic carbocycles. The maximum Gasteiger partial charge on any atom is 0.339 e. The Balaban J connectivity index is 1.03. The zero-order valence-corrected chi connectivity index (χ0v) is 25.6. The largest absolute Gasteiger partial charge is 0.454 e. The summed E-state index contributed by atoms with van der Waals surface area (Å²) in [7, 11) is 0. The Bertz CT molecular complexity index is 2090. The number of aryl methyl sites for hydroxylation is 1. The lowest BCUT2D eigenvalue weighted by Gasteiger charge is -2.17. The molecule has 4 unspecified atom stereocenters. The van der Waals surface area contributed by atoms with Crippen molar-refractivity contribution in [3.05, 3.63) is 132 Å². The Morgan fingerprint density at radius 2 is 1.40 bits per heavy atom. The summed E-state index contributed by atoms with van der Waals surface area (Å²) >= 11 is 0. The first-order valence-corrected chi connectivity index (χ1v) is 15.8. The van der Waals surface area contributed by atoms with Crippen LogP contribution in [0.15, 0.2) is 115 Å². The molecule has 2 heterocycles. The summed E-state index contributed by atoms with van der Waals surface area (Å²) in [6.45, 7) is 1.53. The quantitative estimate of drug-likeness (QED) is 0.0827. The van der Waals surface area contributed by atoms with Crippen LogP contribution in [0.3, 0.4) is 0 Å². The van der Waals surface area contributed by atoms with E-state index in [1.54, 1.807) is 42.5 Å². The molecular formula is C40H30N2O5. The minimum atomic E-state index is -0.627. The third kappa shape index (κ3) is 4.95. The van der Waals surface area contributed by atoms with E-state index in [1.807, 2.05) is 67.6 Å². The number of carbonyl (C=O) groups excluding carboxylic acids is 4. The van der Waals surface area contributed by atoms with Gasteiger partial charge in [-0.25, -0.2) is 9.78 Å². The third-order valence-corrected chi connectivity index (χ3v) is 9.72. The highest BCUT2D eigenvalue weighted by atomic mass is 16.5. The second kappa shape index (κ2) is 11.3. The van der Waals surface area contributed by atoms with Crippen molar-refractivity contribution in [1.82, 2.24) is 4.98 Å². The molecule has 2 amide bonds. The fourth-order valence-corrected chi connectivity index (χ4v) is 7.37. The van der Waals surface area contributed by atoms with E-state index in [0.29, 0.717) is 39.0 Å². The van der Waals surface area contributed by atoms with Crippen molar-refractivity contribution < 1.29 is 23.9 Å². The number of ketones is 1. The second-order valence-corrected chi connectivity index (χ2v) is 12.6. The molecule has 2 bridgehead atoms. The van der Waals surface area contributed by atoms with Crippen LogP contribution in [-0.4, -0.2) is 35.2 Å². The van der Waals surface area contributed by atoms with Crippen LogP contribution in [0.25, 0.3) is 33.3 Å². The van der Waals surface area contributed by atoms with Gasteiger partial charge in [0.2, 0.25) is 11.8 Å². The lowest BCUT2D eigenvalue weighted by atomic mass is 9.85. The molecule has 230 valence electrons. The van der Waals surface area contributed by atoms with Crippen LogP contribution in [0, 0.1) is 30.6 Å². The number of nitrogens with zero attached hydrogens (tertiary/aromatic N) is 2. The predicted octanol–water partition coefficient (Wildman–Crippen LogP) is 7.23. The molecule has 0 radical (unpaired) electrons. The number of amides is 2. The van der Waals surface area contributed by atoms with Gasteiger partial charge in [0.15, 0.2) is 12.4 Å². The van der Waals surface area contributed by atoms with Crippen LogP contribution in [0.1, 0.15) is 32.7 Å². The maximum atomic E-state index is 13.5. The summed E-state index contributed by atoms with van der Waals surface area (Å²) in [6, 6.07) is 31.5. The molecule has 47 heavy (non-hydrogen) atoms. The molecule has 5 aromatic rings. The number of carbonyl (C=O) groups is 4. The van der Waals surface area contributed by atoms with Gasteiger partial charge in [-0.3, -0.25) is 19.3 Å². The number of esters is 1. The van der Waals surface area contributed by atoms with E-state index in [9.17, 15) is 19.2 Å². The molecule has 0 spiro atoms. The molecule has 1 aromatic heterocycles. The number of rotatable bonds is 7. The minimum Gasteiger partial charge on any atom is -0.454 e. The summed E-state index contributed by atoms with van der Waals surface area (Å²) < 4.78 is 5.56. The number of anilines is 1. The molecular weight excluding hydrogens is 588 g/mol. The average Bonchev–Trinajstić information content (AvgIpc) is 3.80. The number of fused-ring (bicyclic) bond motifs is 6.